The molecule has 0 aromatic carbocycles. The van der Waals surface area contributed by atoms with E-state index in [4.69, 9.17) is 9.47 Å². The maximum Gasteiger partial charge on any atom is 0.325 e. The Balaban J connectivity index is 2.84. The Morgan fingerprint density at radius 1 is 1.56 bits per heavy atom. The van der Waals surface area contributed by atoms with Gasteiger partial charge in [0.25, 0.3) is 0 Å². The molecule has 98 valence electrons. The molecule has 18 heavy (non-hydrogen) atoms. The molecule has 0 fully saturated rings. The van der Waals surface area contributed by atoms with Crippen LogP contribution in [0.1, 0.15) is 6.92 Å². The van der Waals surface area contributed by atoms with Crippen molar-refractivity contribution in [2.45, 2.75) is 6.92 Å². The maximum atomic E-state index is 11.1. The molecule has 8 heteroatoms. The Morgan fingerprint density at radius 2 is 2.28 bits per heavy atom. The van der Waals surface area contributed by atoms with Gasteiger partial charge in [-0.3, -0.25) is 14.9 Å². The van der Waals surface area contributed by atoms with E-state index in [2.05, 4.69) is 10.3 Å². The Hall–Kier alpha value is -2.38. The van der Waals surface area contributed by atoms with E-state index in [9.17, 15) is 14.9 Å². The van der Waals surface area contributed by atoms with Crippen LogP contribution in [0.3, 0.4) is 0 Å². The number of nitrogens with one attached hydrogen (secondary N) is 1. The number of esters is 1. The van der Waals surface area contributed by atoms with Crippen LogP contribution < -0.4 is 10.1 Å². The molecule has 0 amide bonds. The number of nitrogens with zero attached hydrogens (tertiary/aromatic N) is 2. The zero-order chi connectivity index (χ0) is 13.5. The fraction of sp³-hybridized carbons (Fsp3) is 0.400. The van der Waals surface area contributed by atoms with Crippen LogP contribution in [-0.4, -0.2) is 36.1 Å². The summed E-state index contributed by atoms with van der Waals surface area (Å²) in [7, 11) is 1.39. The van der Waals surface area contributed by atoms with Crippen molar-refractivity contribution in [3.8, 4) is 5.88 Å². The number of pyridine rings is 1. The molecule has 0 atom stereocenters. The summed E-state index contributed by atoms with van der Waals surface area (Å²) in [5.74, 6) is -0.337. The molecular formula is C10H13N3O5. The first-order valence-electron chi connectivity index (χ1n) is 5.17. The predicted octanol–water partition coefficient (Wildman–Crippen LogP) is 0.973. The molecule has 0 aliphatic heterocycles. The lowest BCUT2D eigenvalue weighted by molar-refractivity contribution is -0.384. The average molecular weight is 255 g/mol. The van der Waals surface area contributed by atoms with Crippen LogP contribution in [-0.2, 0) is 9.53 Å². The van der Waals surface area contributed by atoms with E-state index in [1.54, 1.807) is 6.92 Å². The van der Waals surface area contributed by atoms with E-state index in [1.165, 1.54) is 19.2 Å². The number of anilines is 1. The van der Waals surface area contributed by atoms with E-state index in [-0.39, 0.29) is 30.5 Å². The highest BCUT2D eigenvalue weighted by Crippen LogP contribution is 2.24. The minimum Gasteiger partial charge on any atom is -0.481 e. The summed E-state index contributed by atoms with van der Waals surface area (Å²) in [6.07, 6.45) is 0. The number of hydrogen-bond donors (Lipinski definition) is 1. The van der Waals surface area contributed by atoms with Gasteiger partial charge < -0.3 is 14.8 Å². The molecule has 0 saturated carbocycles. The summed E-state index contributed by atoms with van der Waals surface area (Å²) in [6, 6.07) is 2.62. The first-order valence-corrected chi connectivity index (χ1v) is 5.17. The van der Waals surface area contributed by atoms with E-state index in [0.717, 1.165) is 0 Å². The molecule has 0 unspecified atom stereocenters. The minimum absolute atomic E-state index is 0.0348. The molecule has 0 saturated heterocycles. The minimum atomic E-state index is -0.597. The summed E-state index contributed by atoms with van der Waals surface area (Å²) in [6.45, 7) is 1.72. The van der Waals surface area contributed by atoms with Crippen LogP contribution in [0.15, 0.2) is 12.1 Å². The molecule has 0 aliphatic carbocycles. The zero-order valence-corrected chi connectivity index (χ0v) is 10.0. The van der Waals surface area contributed by atoms with Gasteiger partial charge in [-0.05, 0) is 6.92 Å². The molecule has 8 nitrogen and oxygen atoms in total. The number of nitro groups is 1. The number of aromatic nitrogens is 1. The molecule has 1 heterocycles. The molecule has 0 aliphatic rings. The Kier molecular flexibility index (Phi) is 4.85. The van der Waals surface area contributed by atoms with E-state index in [0.29, 0.717) is 0 Å². The van der Waals surface area contributed by atoms with Crippen molar-refractivity contribution < 1.29 is 19.2 Å². The summed E-state index contributed by atoms with van der Waals surface area (Å²) < 4.78 is 9.54. The topological polar surface area (TPSA) is 104 Å². The Morgan fingerprint density at radius 3 is 2.83 bits per heavy atom. The highest BCUT2D eigenvalue weighted by Gasteiger charge is 2.17. The lowest BCUT2D eigenvalue weighted by Crippen LogP contribution is -2.18. The zero-order valence-electron chi connectivity index (χ0n) is 10.0. The van der Waals surface area contributed by atoms with Crippen molar-refractivity contribution in [3.63, 3.8) is 0 Å². The van der Waals surface area contributed by atoms with Gasteiger partial charge in [-0.1, -0.05) is 0 Å². The summed E-state index contributed by atoms with van der Waals surface area (Å²) in [4.78, 5) is 25.2. The van der Waals surface area contributed by atoms with Crippen molar-refractivity contribution >= 4 is 17.5 Å². The Labute approximate surface area is 103 Å². The van der Waals surface area contributed by atoms with Crippen molar-refractivity contribution in [1.82, 2.24) is 4.98 Å². The van der Waals surface area contributed by atoms with Crippen molar-refractivity contribution in [1.29, 1.82) is 0 Å². The standard InChI is InChI=1S/C10H13N3O5/c1-3-18-9(14)6-11-10-7(13(15)16)4-5-8(12-10)17-2/h4-5H,3,6H2,1-2H3,(H,11,12). The second-order valence-electron chi connectivity index (χ2n) is 3.14. The monoisotopic (exact) mass is 255 g/mol. The van der Waals surface area contributed by atoms with Gasteiger partial charge >= 0.3 is 11.7 Å². The highest BCUT2D eigenvalue weighted by atomic mass is 16.6. The van der Waals surface area contributed by atoms with Crippen LogP contribution >= 0.6 is 0 Å². The number of carbonyl (C=O) groups excluding carboxylic acids is 1. The van der Waals surface area contributed by atoms with Crippen LogP contribution in [0, 0.1) is 10.1 Å². The summed E-state index contributed by atoms with van der Waals surface area (Å²) >= 11 is 0. The fourth-order valence-electron chi connectivity index (χ4n) is 1.19. The summed E-state index contributed by atoms with van der Waals surface area (Å²) in [5, 5.41) is 13.3. The average Bonchev–Trinajstić information content (AvgIpc) is 2.36. The molecule has 1 N–H and O–H groups in total. The number of rotatable bonds is 6. The molecule has 0 spiro atoms. The quantitative estimate of drug-likeness (QED) is 0.459. The third-order valence-corrected chi connectivity index (χ3v) is 1.96. The number of methoxy groups -OCH3 is 1. The van der Waals surface area contributed by atoms with Gasteiger partial charge in [-0.25, -0.2) is 0 Å². The van der Waals surface area contributed by atoms with E-state index < -0.39 is 10.9 Å². The number of hydrogen-bond acceptors (Lipinski definition) is 7. The largest absolute Gasteiger partial charge is 0.481 e. The highest BCUT2D eigenvalue weighted by molar-refractivity contribution is 5.75. The van der Waals surface area contributed by atoms with Gasteiger partial charge in [0, 0.05) is 12.1 Å². The first-order chi connectivity index (χ1) is 8.58. The normalized spacial score (nSPS) is 9.67. The fourth-order valence-corrected chi connectivity index (χ4v) is 1.19. The molecule has 1 rings (SSSR count). The van der Waals surface area contributed by atoms with E-state index >= 15 is 0 Å². The van der Waals surface area contributed by atoms with Crippen LogP contribution in [0.2, 0.25) is 0 Å². The third-order valence-electron chi connectivity index (χ3n) is 1.96. The second-order valence-corrected chi connectivity index (χ2v) is 3.14. The number of carbonyl (C=O) groups is 1. The second kappa shape index (κ2) is 6.38. The third kappa shape index (κ3) is 3.58. The summed E-state index contributed by atoms with van der Waals surface area (Å²) in [5.41, 5.74) is -0.236. The van der Waals surface area contributed by atoms with Gasteiger partial charge in [0.05, 0.1) is 18.6 Å². The molecule has 0 bridgehead atoms. The lowest BCUT2D eigenvalue weighted by atomic mass is 10.4. The molecule has 1 aromatic rings. The molecular weight excluding hydrogens is 242 g/mol. The SMILES string of the molecule is CCOC(=O)CNc1nc(OC)ccc1[N+](=O)[O-]. The van der Waals surface area contributed by atoms with Crippen LogP contribution in [0.25, 0.3) is 0 Å². The van der Waals surface area contributed by atoms with E-state index in [1.807, 2.05) is 0 Å². The maximum absolute atomic E-state index is 11.1. The molecule has 0 radical (unpaired) electrons. The number of ether oxygens (including phenoxy) is 2. The van der Waals surface area contributed by atoms with Crippen molar-refractivity contribution in [2.75, 3.05) is 25.6 Å². The first kappa shape index (κ1) is 13.7. The molecule has 1 aromatic heterocycles. The smallest absolute Gasteiger partial charge is 0.325 e. The van der Waals surface area contributed by atoms with Gasteiger partial charge in [0.2, 0.25) is 11.7 Å². The van der Waals surface area contributed by atoms with Gasteiger partial charge in [-0.15, -0.1) is 0 Å². The van der Waals surface area contributed by atoms with Gasteiger partial charge in [-0.2, -0.15) is 4.98 Å². The lowest BCUT2D eigenvalue weighted by Gasteiger charge is -2.07. The van der Waals surface area contributed by atoms with Crippen LogP contribution in [0.4, 0.5) is 11.5 Å². The van der Waals surface area contributed by atoms with Gasteiger partial charge in [0.15, 0.2) is 0 Å². The van der Waals surface area contributed by atoms with Crippen molar-refractivity contribution in [3.05, 3.63) is 22.2 Å². The van der Waals surface area contributed by atoms with Crippen LogP contribution in [0.5, 0.6) is 5.88 Å². The van der Waals surface area contributed by atoms with Gasteiger partial charge in [0.1, 0.15) is 6.54 Å². The van der Waals surface area contributed by atoms with Crippen molar-refractivity contribution in [2.24, 2.45) is 0 Å². The predicted molar refractivity (Wildman–Crippen MR) is 62.6 cm³/mol. The Bertz CT molecular complexity index is 449.